The van der Waals surface area contributed by atoms with Crippen molar-refractivity contribution in [3.63, 3.8) is 0 Å². The third-order valence-electron chi connectivity index (χ3n) is 3.57. The summed E-state index contributed by atoms with van der Waals surface area (Å²) in [6, 6.07) is 10.8. The van der Waals surface area contributed by atoms with E-state index in [0.29, 0.717) is 0 Å². The molecule has 0 radical (unpaired) electrons. The van der Waals surface area contributed by atoms with Gasteiger partial charge < -0.3 is 10.1 Å². The van der Waals surface area contributed by atoms with E-state index in [4.69, 9.17) is 4.74 Å². The second-order valence-electron chi connectivity index (χ2n) is 5.17. The molecule has 0 saturated carbocycles. The molecule has 0 spiro atoms. The van der Waals surface area contributed by atoms with E-state index in [1.54, 1.807) is 0 Å². The molecule has 1 aromatic carbocycles. The van der Waals surface area contributed by atoms with Gasteiger partial charge in [0.05, 0.1) is 12.1 Å². The molecule has 0 amide bonds. The maximum absolute atomic E-state index is 5.97. The van der Waals surface area contributed by atoms with Crippen LogP contribution in [0.5, 0.6) is 0 Å². The Morgan fingerprint density at radius 2 is 1.74 bits per heavy atom. The lowest BCUT2D eigenvalue weighted by Gasteiger charge is -2.24. The van der Waals surface area contributed by atoms with Crippen molar-refractivity contribution >= 4 is 0 Å². The van der Waals surface area contributed by atoms with E-state index in [1.165, 1.54) is 37.7 Å². The first-order valence-electron chi connectivity index (χ1n) is 7.63. The highest BCUT2D eigenvalue weighted by Crippen LogP contribution is 2.18. The van der Waals surface area contributed by atoms with Crippen LogP contribution in [-0.2, 0) is 4.74 Å². The fourth-order valence-electron chi connectivity index (χ4n) is 2.40. The van der Waals surface area contributed by atoms with Crippen molar-refractivity contribution in [3.8, 4) is 0 Å². The molecule has 0 saturated heterocycles. The molecule has 19 heavy (non-hydrogen) atoms. The van der Waals surface area contributed by atoms with Gasteiger partial charge in [0.15, 0.2) is 0 Å². The number of nitrogens with one attached hydrogen (secondary N) is 1. The summed E-state index contributed by atoms with van der Waals surface area (Å²) in [6.07, 6.45) is 6.65. The third kappa shape index (κ3) is 6.22. The number of rotatable bonds is 10. The molecule has 2 unspecified atom stereocenters. The first-order chi connectivity index (χ1) is 9.29. The first-order valence-corrected chi connectivity index (χ1v) is 7.63. The molecule has 0 fully saturated rings. The summed E-state index contributed by atoms with van der Waals surface area (Å²) in [4.78, 5) is 0. The summed E-state index contributed by atoms with van der Waals surface area (Å²) in [6.45, 7) is 5.27. The molecule has 0 aliphatic heterocycles. The minimum absolute atomic E-state index is 0.207. The van der Waals surface area contributed by atoms with Gasteiger partial charge in [0.1, 0.15) is 0 Å². The molecular formula is C17H29NO. The van der Waals surface area contributed by atoms with Crippen LogP contribution >= 0.6 is 0 Å². The number of hydrogen-bond acceptors (Lipinski definition) is 2. The van der Waals surface area contributed by atoms with Crippen LogP contribution in [0.4, 0.5) is 0 Å². The lowest BCUT2D eigenvalue weighted by Crippen LogP contribution is -2.29. The third-order valence-corrected chi connectivity index (χ3v) is 3.57. The molecule has 1 N–H and O–H groups in total. The van der Waals surface area contributed by atoms with Crippen molar-refractivity contribution < 1.29 is 4.74 Å². The minimum Gasteiger partial charge on any atom is -0.377 e. The molecule has 0 heterocycles. The van der Waals surface area contributed by atoms with Crippen molar-refractivity contribution in [2.75, 3.05) is 13.7 Å². The zero-order chi connectivity index (χ0) is 13.9. The van der Waals surface area contributed by atoms with E-state index >= 15 is 0 Å². The molecule has 2 atom stereocenters. The van der Waals surface area contributed by atoms with Gasteiger partial charge in [-0.3, -0.25) is 0 Å². The summed E-state index contributed by atoms with van der Waals surface area (Å²) < 4.78 is 5.97. The van der Waals surface area contributed by atoms with Crippen molar-refractivity contribution in [2.24, 2.45) is 0 Å². The van der Waals surface area contributed by atoms with E-state index in [9.17, 15) is 0 Å². The normalized spacial score (nSPS) is 14.3. The molecule has 2 nitrogen and oxygen atoms in total. The average Bonchev–Trinajstić information content (AvgIpc) is 2.45. The molecular weight excluding hydrogens is 234 g/mol. The van der Waals surface area contributed by atoms with E-state index in [0.717, 1.165) is 6.61 Å². The standard InChI is InChI=1S/C17H29NO/c1-4-5-6-7-11-14-19-15(2)17(18-3)16-12-9-8-10-13-16/h8-10,12-13,15,17-18H,4-7,11,14H2,1-3H3. The Balaban J connectivity index is 2.28. The first kappa shape index (κ1) is 16.2. The number of hydrogen-bond donors (Lipinski definition) is 1. The lowest BCUT2D eigenvalue weighted by atomic mass is 10.0. The van der Waals surface area contributed by atoms with Crippen molar-refractivity contribution in [2.45, 2.75) is 58.1 Å². The van der Waals surface area contributed by atoms with Crippen LogP contribution in [0.2, 0.25) is 0 Å². The fraction of sp³-hybridized carbons (Fsp3) is 0.647. The second-order valence-corrected chi connectivity index (χ2v) is 5.17. The maximum Gasteiger partial charge on any atom is 0.0741 e. The predicted molar refractivity (Wildman–Crippen MR) is 82.4 cm³/mol. The molecule has 1 rings (SSSR count). The SMILES string of the molecule is CCCCCCCOC(C)C(NC)c1ccccc1. The number of unbranched alkanes of at least 4 members (excludes halogenated alkanes) is 4. The van der Waals surface area contributed by atoms with E-state index in [2.05, 4.69) is 49.5 Å². The van der Waals surface area contributed by atoms with Gasteiger partial charge in [0, 0.05) is 6.61 Å². The average molecular weight is 263 g/mol. The topological polar surface area (TPSA) is 21.3 Å². The van der Waals surface area contributed by atoms with Crippen LogP contribution in [0.25, 0.3) is 0 Å². The monoisotopic (exact) mass is 263 g/mol. The quantitative estimate of drug-likeness (QED) is 0.635. The molecule has 1 aromatic rings. The van der Waals surface area contributed by atoms with Gasteiger partial charge in [-0.1, -0.05) is 62.9 Å². The number of ether oxygens (including phenoxy) is 1. The summed E-state index contributed by atoms with van der Waals surface area (Å²) in [7, 11) is 2.00. The smallest absolute Gasteiger partial charge is 0.0741 e. The van der Waals surface area contributed by atoms with Crippen LogP contribution in [0.15, 0.2) is 30.3 Å². The largest absolute Gasteiger partial charge is 0.377 e. The van der Waals surface area contributed by atoms with Crippen molar-refractivity contribution in [1.29, 1.82) is 0 Å². The van der Waals surface area contributed by atoms with E-state index in [-0.39, 0.29) is 12.1 Å². The Morgan fingerprint density at radius 3 is 2.37 bits per heavy atom. The summed E-state index contributed by atoms with van der Waals surface area (Å²) >= 11 is 0. The van der Waals surface area contributed by atoms with Crippen molar-refractivity contribution in [3.05, 3.63) is 35.9 Å². The van der Waals surface area contributed by atoms with E-state index in [1.807, 2.05) is 7.05 Å². The van der Waals surface area contributed by atoms with Crippen LogP contribution < -0.4 is 5.32 Å². The van der Waals surface area contributed by atoms with Gasteiger partial charge >= 0.3 is 0 Å². The highest BCUT2D eigenvalue weighted by Gasteiger charge is 2.17. The summed E-state index contributed by atoms with van der Waals surface area (Å²) in [5.41, 5.74) is 1.29. The van der Waals surface area contributed by atoms with Gasteiger partial charge in [-0.15, -0.1) is 0 Å². The highest BCUT2D eigenvalue weighted by molar-refractivity contribution is 5.19. The van der Waals surface area contributed by atoms with Crippen LogP contribution in [-0.4, -0.2) is 19.8 Å². The zero-order valence-electron chi connectivity index (χ0n) is 12.7. The van der Waals surface area contributed by atoms with Crippen LogP contribution in [0.1, 0.15) is 57.6 Å². The lowest BCUT2D eigenvalue weighted by molar-refractivity contribution is 0.0379. The Labute approximate surface area is 118 Å². The molecule has 2 heteroatoms. The van der Waals surface area contributed by atoms with Gasteiger partial charge in [-0.05, 0) is 26.0 Å². The molecule has 0 aliphatic carbocycles. The zero-order valence-corrected chi connectivity index (χ0v) is 12.7. The Hall–Kier alpha value is -0.860. The number of benzene rings is 1. The van der Waals surface area contributed by atoms with Crippen molar-refractivity contribution in [1.82, 2.24) is 5.32 Å². The summed E-state index contributed by atoms with van der Waals surface area (Å²) in [5, 5.41) is 3.35. The van der Waals surface area contributed by atoms with Crippen LogP contribution in [0.3, 0.4) is 0 Å². The fourth-order valence-corrected chi connectivity index (χ4v) is 2.40. The minimum atomic E-state index is 0.207. The Morgan fingerprint density at radius 1 is 1.05 bits per heavy atom. The Bertz CT molecular complexity index is 312. The molecule has 0 aromatic heterocycles. The van der Waals surface area contributed by atoms with Gasteiger partial charge in [0.25, 0.3) is 0 Å². The molecule has 0 aliphatic rings. The number of likely N-dealkylation sites (N-methyl/N-ethyl adjacent to an activating group) is 1. The molecule has 108 valence electrons. The van der Waals surface area contributed by atoms with Gasteiger partial charge in [0.2, 0.25) is 0 Å². The highest BCUT2D eigenvalue weighted by atomic mass is 16.5. The van der Waals surface area contributed by atoms with E-state index < -0.39 is 0 Å². The molecule has 0 bridgehead atoms. The predicted octanol–water partition coefficient (Wildman–Crippen LogP) is 4.32. The summed E-state index contributed by atoms with van der Waals surface area (Å²) in [5.74, 6) is 0. The maximum atomic E-state index is 5.97. The van der Waals surface area contributed by atoms with Gasteiger partial charge in [-0.2, -0.15) is 0 Å². The van der Waals surface area contributed by atoms with Crippen LogP contribution in [0, 0.1) is 0 Å². The second kappa shape index (κ2) is 9.99. The van der Waals surface area contributed by atoms with Gasteiger partial charge in [-0.25, -0.2) is 0 Å². The Kier molecular flexibility index (Phi) is 8.52.